The summed E-state index contributed by atoms with van der Waals surface area (Å²) in [6.07, 6.45) is 4.17. The van der Waals surface area contributed by atoms with Gasteiger partial charge >= 0.3 is 0 Å². The van der Waals surface area contributed by atoms with Gasteiger partial charge in [-0.15, -0.1) is 0 Å². The van der Waals surface area contributed by atoms with Crippen molar-refractivity contribution in [3.63, 3.8) is 0 Å². The minimum Gasteiger partial charge on any atom is -0.325 e. The number of rotatable bonds is 6. The van der Waals surface area contributed by atoms with Gasteiger partial charge in [-0.25, -0.2) is 4.98 Å². The van der Waals surface area contributed by atoms with Crippen LogP contribution >= 0.6 is 0 Å². The van der Waals surface area contributed by atoms with Gasteiger partial charge in [0, 0.05) is 29.4 Å². The maximum absolute atomic E-state index is 6.12. The number of H-pyrrole nitrogens is 1. The second-order valence-corrected chi connectivity index (χ2v) is 7.30. The maximum atomic E-state index is 6.12. The summed E-state index contributed by atoms with van der Waals surface area (Å²) in [5.41, 5.74) is 8.85. The molecule has 0 radical (unpaired) electrons. The minimum absolute atomic E-state index is 0.359. The summed E-state index contributed by atoms with van der Waals surface area (Å²) in [4.78, 5) is 8.78. The van der Waals surface area contributed by atoms with E-state index in [2.05, 4.69) is 30.8 Å². The molecule has 0 unspecified atom stereocenters. The molecule has 0 atom stereocenters. The average Bonchev–Trinajstić information content (AvgIpc) is 3.35. The van der Waals surface area contributed by atoms with Crippen LogP contribution in [-0.4, -0.2) is 20.2 Å². The quantitative estimate of drug-likeness (QED) is 0.540. The van der Waals surface area contributed by atoms with E-state index in [1.54, 1.807) is 6.20 Å². The van der Waals surface area contributed by atoms with Gasteiger partial charge in [0.2, 0.25) is 5.95 Å². The number of aromatic nitrogens is 4. The fourth-order valence-corrected chi connectivity index (χ4v) is 2.73. The molecular weight excluding hydrogens is 326 g/mol. The first-order chi connectivity index (χ1) is 12.5. The Bertz CT molecular complexity index is 889. The van der Waals surface area contributed by atoms with Gasteiger partial charge in [0.1, 0.15) is 11.6 Å². The number of aromatic amines is 1. The molecule has 3 aromatic rings. The number of nitrogens with one attached hydrogen (secondary N) is 3. The van der Waals surface area contributed by atoms with Crippen LogP contribution in [0, 0.1) is 0 Å². The normalized spacial score (nSPS) is 14.3. The third kappa shape index (κ3) is 3.83. The zero-order valence-electron chi connectivity index (χ0n) is 15.0. The Kier molecular flexibility index (Phi) is 4.08. The third-order valence-corrected chi connectivity index (χ3v) is 4.40. The largest absolute Gasteiger partial charge is 0.325 e. The van der Waals surface area contributed by atoms with Gasteiger partial charge in [-0.1, -0.05) is 12.1 Å². The Labute approximate surface area is 152 Å². The molecule has 1 aliphatic rings. The van der Waals surface area contributed by atoms with E-state index < -0.39 is 0 Å². The molecule has 0 amide bonds. The molecule has 0 bridgehead atoms. The van der Waals surface area contributed by atoms with Crippen LogP contribution in [0.4, 0.5) is 23.3 Å². The molecule has 26 heavy (non-hydrogen) atoms. The molecule has 1 aliphatic carbocycles. The summed E-state index contributed by atoms with van der Waals surface area (Å²) in [5.74, 6) is 2.68. The summed E-state index contributed by atoms with van der Waals surface area (Å²) in [6.45, 7) is 3.97. The Hall–Kier alpha value is -2.93. The predicted molar refractivity (Wildman–Crippen MR) is 103 cm³/mol. The molecule has 5 N–H and O–H groups in total. The van der Waals surface area contributed by atoms with E-state index in [1.165, 1.54) is 12.8 Å². The summed E-state index contributed by atoms with van der Waals surface area (Å²) in [5, 5.41) is 13.8. The molecular formula is C19H23N7. The second kappa shape index (κ2) is 6.42. The molecule has 0 spiro atoms. The van der Waals surface area contributed by atoms with Crippen LogP contribution < -0.4 is 16.4 Å². The van der Waals surface area contributed by atoms with Gasteiger partial charge in [0.05, 0.1) is 5.69 Å². The van der Waals surface area contributed by atoms with E-state index in [9.17, 15) is 0 Å². The van der Waals surface area contributed by atoms with Crippen molar-refractivity contribution >= 4 is 23.3 Å². The number of benzene rings is 1. The summed E-state index contributed by atoms with van der Waals surface area (Å²) >= 11 is 0. The van der Waals surface area contributed by atoms with Gasteiger partial charge in [0.25, 0.3) is 0 Å². The average molecular weight is 349 g/mol. The van der Waals surface area contributed by atoms with E-state index in [0.29, 0.717) is 17.7 Å². The Balaban J connectivity index is 1.45. The van der Waals surface area contributed by atoms with E-state index >= 15 is 0 Å². The van der Waals surface area contributed by atoms with Crippen molar-refractivity contribution in [2.75, 3.05) is 10.6 Å². The zero-order chi connectivity index (χ0) is 18.1. The van der Waals surface area contributed by atoms with Crippen LogP contribution in [0.1, 0.15) is 43.9 Å². The standard InChI is InChI=1S/C19H23N7/c1-19(2,20)13-5-7-14(8-6-13)22-18-21-10-9-16(24-18)23-17-11-15(25-26-17)12-3-4-12/h5-12H,3-4,20H2,1-2H3,(H3,21,22,23,24,25,26). The van der Waals surface area contributed by atoms with Crippen molar-refractivity contribution in [3.05, 3.63) is 53.9 Å². The molecule has 0 aliphatic heterocycles. The first-order valence-electron chi connectivity index (χ1n) is 8.79. The van der Waals surface area contributed by atoms with Crippen molar-refractivity contribution in [1.82, 2.24) is 20.2 Å². The van der Waals surface area contributed by atoms with Gasteiger partial charge in [-0.2, -0.15) is 10.1 Å². The number of hydrogen-bond donors (Lipinski definition) is 4. The Morgan fingerprint density at radius 1 is 1.12 bits per heavy atom. The SMILES string of the molecule is CC(C)(N)c1ccc(Nc2nccc(Nc3cc(C4CC4)n[nH]3)n2)cc1. The molecule has 1 saturated carbocycles. The van der Waals surface area contributed by atoms with E-state index in [-0.39, 0.29) is 5.54 Å². The number of nitrogens with two attached hydrogens (primary N) is 1. The van der Waals surface area contributed by atoms with Crippen molar-refractivity contribution in [2.24, 2.45) is 5.73 Å². The van der Waals surface area contributed by atoms with Crippen molar-refractivity contribution in [2.45, 2.75) is 38.1 Å². The molecule has 2 aromatic heterocycles. The van der Waals surface area contributed by atoms with Crippen LogP contribution in [0.2, 0.25) is 0 Å². The molecule has 7 nitrogen and oxygen atoms in total. The second-order valence-electron chi connectivity index (χ2n) is 7.30. The Morgan fingerprint density at radius 2 is 1.88 bits per heavy atom. The predicted octanol–water partition coefficient (Wildman–Crippen LogP) is 3.76. The molecule has 1 aromatic carbocycles. The first kappa shape index (κ1) is 16.5. The highest BCUT2D eigenvalue weighted by molar-refractivity contribution is 5.58. The molecule has 0 saturated heterocycles. The molecule has 2 heterocycles. The van der Waals surface area contributed by atoms with Crippen LogP contribution in [0.5, 0.6) is 0 Å². The topological polar surface area (TPSA) is 105 Å². The van der Waals surface area contributed by atoms with Gasteiger partial charge in [0.15, 0.2) is 0 Å². The zero-order valence-corrected chi connectivity index (χ0v) is 15.0. The highest BCUT2D eigenvalue weighted by atomic mass is 15.2. The number of hydrogen-bond acceptors (Lipinski definition) is 6. The Morgan fingerprint density at radius 3 is 2.58 bits per heavy atom. The lowest BCUT2D eigenvalue weighted by molar-refractivity contribution is 0.554. The maximum Gasteiger partial charge on any atom is 0.229 e. The van der Waals surface area contributed by atoms with Crippen molar-refractivity contribution < 1.29 is 0 Å². The first-order valence-corrected chi connectivity index (χ1v) is 8.79. The molecule has 1 fully saturated rings. The summed E-state index contributed by atoms with van der Waals surface area (Å²) in [6, 6.07) is 11.8. The van der Waals surface area contributed by atoms with Crippen LogP contribution in [0.25, 0.3) is 0 Å². The lowest BCUT2D eigenvalue weighted by atomic mass is 9.96. The fraction of sp³-hybridized carbons (Fsp3) is 0.316. The smallest absolute Gasteiger partial charge is 0.229 e. The monoisotopic (exact) mass is 349 g/mol. The highest BCUT2D eigenvalue weighted by Gasteiger charge is 2.26. The molecule has 7 heteroatoms. The van der Waals surface area contributed by atoms with Crippen LogP contribution in [0.15, 0.2) is 42.6 Å². The van der Waals surface area contributed by atoms with Crippen molar-refractivity contribution in [3.8, 4) is 0 Å². The summed E-state index contributed by atoms with van der Waals surface area (Å²) in [7, 11) is 0. The highest BCUT2D eigenvalue weighted by Crippen LogP contribution is 2.39. The molecule has 4 rings (SSSR count). The van der Waals surface area contributed by atoms with Crippen LogP contribution in [-0.2, 0) is 5.54 Å². The van der Waals surface area contributed by atoms with Gasteiger partial charge in [-0.3, -0.25) is 5.10 Å². The van der Waals surface area contributed by atoms with E-state index in [4.69, 9.17) is 5.73 Å². The lowest BCUT2D eigenvalue weighted by Gasteiger charge is -2.19. The van der Waals surface area contributed by atoms with Gasteiger partial charge < -0.3 is 16.4 Å². The summed E-state index contributed by atoms with van der Waals surface area (Å²) < 4.78 is 0. The van der Waals surface area contributed by atoms with Gasteiger partial charge in [-0.05, 0) is 50.5 Å². The van der Waals surface area contributed by atoms with E-state index in [1.807, 2.05) is 50.2 Å². The lowest BCUT2D eigenvalue weighted by Crippen LogP contribution is -2.28. The fourth-order valence-electron chi connectivity index (χ4n) is 2.73. The van der Waals surface area contributed by atoms with Crippen LogP contribution in [0.3, 0.4) is 0 Å². The molecule has 134 valence electrons. The van der Waals surface area contributed by atoms with E-state index in [0.717, 1.165) is 22.8 Å². The number of nitrogens with zero attached hydrogens (tertiary/aromatic N) is 3. The van der Waals surface area contributed by atoms with Crippen molar-refractivity contribution in [1.29, 1.82) is 0 Å². The third-order valence-electron chi connectivity index (χ3n) is 4.40. The minimum atomic E-state index is -0.359. The number of anilines is 4.